The van der Waals surface area contributed by atoms with Crippen molar-refractivity contribution in [1.82, 2.24) is 25.2 Å². The number of hydrogen-bond acceptors (Lipinski definition) is 8. The molecule has 0 saturated heterocycles. The van der Waals surface area contributed by atoms with Crippen LogP contribution in [-0.2, 0) is 16.1 Å². The number of rotatable bonds is 5. The Labute approximate surface area is 210 Å². The second kappa shape index (κ2) is 9.50. The lowest BCUT2D eigenvalue weighted by molar-refractivity contribution is -0.228. The van der Waals surface area contributed by atoms with Crippen LogP contribution in [-0.4, -0.2) is 49.8 Å². The summed E-state index contributed by atoms with van der Waals surface area (Å²) in [5, 5.41) is 8.49. The highest BCUT2D eigenvalue weighted by Crippen LogP contribution is 2.34. The van der Waals surface area contributed by atoms with Crippen molar-refractivity contribution in [3.8, 4) is 11.3 Å². The fourth-order valence-electron chi connectivity index (χ4n) is 3.67. The van der Waals surface area contributed by atoms with Crippen molar-refractivity contribution in [3.05, 3.63) is 71.4 Å². The van der Waals surface area contributed by atoms with Crippen LogP contribution in [0, 0.1) is 0 Å². The van der Waals surface area contributed by atoms with Crippen molar-refractivity contribution in [2.45, 2.75) is 12.6 Å². The zero-order valence-corrected chi connectivity index (χ0v) is 19.6. The van der Waals surface area contributed by atoms with Crippen LogP contribution in [0.4, 0.5) is 19.0 Å². The van der Waals surface area contributed by atoms with E-state index in [-0.39, 0.29) is 24.3 Å². The number of amides is 1. The van der Waals surface area contributed by atoms with Crippen LogP contribution >= 0.6 is 11.3 Å². The minimum Gasteiger partial charge on any atom is -0.382 e. The maximum Gasteiger partial charge on any atom is 0.493 e. The maximum absolute atomic E-state index is 12.8. The molecule has 1 amide bonds. The highest BCUT2D eigenvalue weighted by molar-refractivity contribution is 7.19. The minimum atomic E-state index is -5.26. The first-order valence-electron chi connectivity index (χ1n) is 10.8. The van der Waals surface area contributed by atoms with Gasteiger partial charge in [0, 0.05) is 29.1 Å². The van der Waals surface area contributed by atoms with Crippen LogP contribution in [0.15, 0.2) is 60.8 Å². The number of alkyl halides is 3. The summed E-state index contributed by atoms with van der Waals surface area (Å²) in [6.07, 6.45) is -3.62. The van der Waals surface area contributed by atoms with Crippen LogP contribution in [0.3, 0.4) is 0 Å². The Morgan fingerprint density at radius 3 is 2.57 bits per heavy atom. The molecule has 0 aliphatic heterocycles. The number of anilines is 1. The topological polar surface area (TPSA) is 127 Å². The fourth-order valence-corrected chi connectivity index (χ4v) is 4.77. The van der Waals surface area contributed by atoms with Gasteiger partial charge in [-0.15, -0.1) is 11.3 Å². The molecule has 13 heteroatoms. The molecular weight excluding hydrogens is 509 g/mol. The Morgan fingerprint density at radius 1 is 1.08 bits per heavy atom. The normalized spacial score (nSPS) is 11.6. The second-order valence-corrected chi connectivity index (χ2v) is 8.97. The van der Waals surface area contributed by atoms with Crippen LogP contribution in [0.2, 0.25) is 0 Å². The number of fused-ring (bicyclic) bond motifs is 3. The first-order chi connectivity index (χ1) is 17.7. The molecule has 0 atom stereocenters. The molecule has 0 aliphatic rings. The summed E-state index contributed by atoms with van der Waals surface area (Å²) in [6, 6.07) is 15.0. The molecule has 0 spiro atoms. The number of halogens is 3. The number of pyridine rings is 1. The summed E-state index contributed by atoms with van der Waals surface area (Å²) in [7, 11) is 0. The van der Waals surface area contributed by atoms with Gasteiger partial charge in [0.15, 0.2) is 5.82 Å². The first-order valence-corrected chi connectivity index (χ1v) is 11.7. The van der Waals surface area contributed by atoms with Crippen LogP contribution in [0.1, 0.15) is 15.4 Å². The van der Waals surface area contributed by atoms with E-state index in [1.165, 1.54) is 23.5 Å². The Kier molecular flexibility index (Phi) is 6.21. The fraction of sp³-hybridized carbons (Fsp3) is 0.125. The molecule has 188 valence electrons. The number of hydrogen-bond donors (Lipinski definition) is 2. The molecule has 3 aromatic heterocycles. The minimum absolute atomic E-state index is 0.0101. The molecule has 0 unspecified atom stereocenters. The van der Waals surface area contributed by atoms with Crippen molar-refractivity contribution >= 4 is 50.2 Å². The van der Waals surface area contributed by atoms with E-state index in [9.17, 15) is 22.8 Å². The number of hydroxylamine groups is 2. The van der Waals surface area contributed by atoms with E-state index in [4.69, 9.17) is 5.73 Å². The van der Waals surface area contributed by atoms with E-state index >= 15 is 0 Å². The summed E-state index contributed by atoms with van der Waals surface area (Å²) in [4.78, 5) is 37.6. The van der Waals surface area contributed by atoms with Gasteiger partial charge < -0.3 is 10.6 Å². The number of nitrogens with one attached hydrogen (secondary N) is 1. The zero-order valence-electron chi connectivity index (χ0n) is 18.8. The van der Waals surface area contributed by atoms with Gasteiger partial charge in [-0.1, -0.05) is 30.3 Å². The summed E-state index contributed by atoms with van der Waals surface area (Å²) in [6.45, 7) is -0.357. The molecule has 3 N–H and O–H groups in total. The van der Waals surface area contributed by atoms with Gasteiger partial charge in [0.25, 0.3) is 5.91 Å². The molecule has 0 fully saturated rings. The molecule has 5 aromatic rings. The maximum atomic E-state index is 12.8. The smallest absolute Gasteiger partial charge is 0.382 e. The number of carbonyl (C=O) groups is 2. The monoisotopic (exact) mass is 526 g/mol. The predicted molar refractivity (Wildman–Crippen MR) is 130 cm³/mol. The average Bonchev–Trinajstić information content (AvgIpc) is 3.57. The lowest BCUT2D eigenvalue weighted by Crippen LogP contribution is -2.39. The number of nitrogens with zero attached hydrogens (tertiary/aromatic N) is 4. The van der Waals surface area contributed by atoms with Gasteiger partial charge in [-0.3, -0.25) is 9.89 Å². The van der Waals surface area contributed by atoms with Crippen LogP contribution in [0.25, 0.3) is 32.4 Å². The summed E-state index contributed by atoms with van der Waals surface area (Å²) in [5.41, 5.74) is 8.96. The number of benzene rings is 2. The van der Waals surface area contributed by atoms with E-state index in [1.807, 2.05) is 24.3 Å². The molecule has 3 heterocycles. The van der Waals surface area contributed by atoms with Gasteiger partial charge in [-0.25, -0.2) is 14.8 Å². The standard InChI is InChI=1S/C24H17F3N6O3S/c25-24(26,27)23(35)36-33(22(34)13-4-2-1-3-5-13)11-9-18-31-19-20(37-18)15-7-6-14(16-8-10-29-32-16)12-17(15)30-21(19)28/h1-8,10,12H,9,11H2,(H2,28,30)(H,29,32). The third kappa shape index (κ3) is 4.93. The molecule has 0 aliphatic carbocycles. The predicted octanol–water partition coefficient (Wildman–Crippen LogP) is 4.52. The third-order valence-corrected chi connectivity index (χ3v) is 6.56. The van der Waals surface area contributed by atoms with E-state index in [2.05, 4.69) is 25.0 Å². The molecule has 9 nitrogen and oxygen atoms in total. The van der Waals surface area contributed by atoms with E-state index in [0.717, 1.165) is 21.3 Å². The molecule has 37 heavy (non-hydrogen) atoms. The van der Waals surface area contributed by atoms with Crippen molar-refractivity contribution in [2.75, 3.05) is 12.3 Å². The van der Waals surface area contributed by atoms with Crippen LogP contribution in [0.5, 0.6) is 0 Å². The van der Waals surface area contributed by atoms with E-state index < -0.39 is 18.1 Å². The Hall–Kier alpha value is -4.52. The number of carbonyl (C=O) groups excluding carboxylic acids is 2. The van der Waals surface area contributed by atoms with Crippen LogP contribution < -0.4 is 5.73 Å². The largest absolute Gasteiger partial charge is 0.493 e. The van der Waals surface area contributed by atoms with Gasteiger partial charge in [0.05, 0.1) is 27.5 Å². The average molecular weight is 527 g/mol. The molecular formula is C24H17F3N6O3S. The second-order valence-electron chi connectivity index (χ2n) is 7.88. The lowest BCUT2D eigenvalue weighted by Gasteiger charge is -2.21. The Bertz CT molecular complexity index is 1600. The van der Waals surface area contributed by atoms with Crippen molar-refractivity contribution in [2.24, 2.45) is 0 Å². The van der Waals surface area contributed by atoms with Gasteiger partial charge in [-0.05, 0) is 24.3 Å². The van der Waals surface area contributed by atoms with Gasteiger partial charge in [-0.2, -0.15) is 23.3 Å². The Morgan fingerprint density at radius 2 is 1.86 bits per heavy atom. The molecule has 2 aromatic carbocycles. The van der Waals surface area contributed by atoms with Crippen molar-refractivity contribution in [3.63, 3.8) is 0 Å². The Balaban J connectivity index is 1.44. The molecule has 0 bridgehead atoms. The zero-order chi connectivity index (χ0) is 26.2. The number of aromatic nitrogens is 4. The SMILES string of the molecule is Nc1nc2cc(-c3ccn[nH]3)ccc2c2sc(CCN(OC(=O)C(F)(F)F)C(=O)c3ccccc3)nc12. The quantitative estimate of drug-likeness (QED) is 0.322. The van der Waals surface area contributed by atoms with E-state index in [0.29, 0.717) is 21.1 Å². The van der Waals surface area contributed by atoms with Crippen molar-refractivity contribution in [1.29, 1.82) is 0 Å². The summed E-state index contributed by atoms with van der Waals surface area (Å²) < 4.78 is 39.3. The number of H-pyrrole nitrogens is 1. The van der Waals surface area contributed by atoms with Gasteiger partial charge >= 0.3 is 12.1 Å². The molecule has 0 radical (unpaired) electrons. The van der Waals surface area contributed by atoms with Gasteiger partial charge in [0.2, 0.25) is 0 Å². The third-order valence-electron chi connectivity index (χ3n) is 5.41. The molecule has 0 saturated carbocycles. The lowest BCUT2D eigenvalue weighted by atomic mass is 10.1. The first kappa shape index (κ1) is 24.2. The number of aromatic amines is 1. The van der Waals surface area contributed by atoms with Gasteiger partial charge in [0.1, 0.15) is 5.52 Å². The highest BCUT2D eigenvalue weighted by atomic mass is 32.1. The highest BCUT2D eigenvalue weighted by Gasteiger charge is 2.43. The number of thiazole rings is 1. The summed E-state index contributed by atoms with van der Waals surface area (Å²) in [5.74, 6) is -3.20. The number of nitrogen functional groups attached to an aromatic ring is 1. The summed E-state index contributed by atoms with van der Waals surface area (Å²) >= 11 is 1.27. The van der Waals surface area contributed by atoms with E-state index in [1.54, 1.807) is 24.4 Å². The number of nitrogens with two attached hydrogens (primary N) is 1. The molecule has 5 rings (SSSR count). The van der Waals surface area contributed by atoms with Crippen molar-refractivity contribution < 1.29 is 27.6 Å².